The van der Waals surface area contributed by atoms with E-state index in [1.165, 1.54) is 89.2 Å². The summed E-state index contributed by atoms with van der Waals surface area (Å²) in [6.45, 7) is 24.3. The van der Waals surface area contributed by atoms with Gasteiger partial charge in [0.1, 0.15) is 23.4 Å². The molecule has 564 valence electrons. The predicted octanol–water partition coefficient (Wildman–Crippen LogP) is 18.0. The van der Waals surface area contributed by atoms with Crippen LogP contribution in [0.2, 0.25) is 0 Å². The lowest BCUT2D eigenvalue weighted by Gasteiger charge is -2.25. The second kappa shape index (κ2) is 60.2. The summed E-state index contributed by atoms with van der Waals surface area (Å²) in [7, 11) is -8.71. The van der Waals surface area contributed by atoms with Crippen LogP contribution in [-0.4, -0.2) is 145 Å². The normalized spacial score (nSPS) is 14.3. The summed E-state index contributed by atoms with van der Waals surface area (Å²) < 4.78 is 96.4. The first-order valence-corrected chi connectivity index (χ1v) is 39.7. The molecule has 4 N–H and O–H groups in total. The zero-order valence-corrected chi connectivity index (χ0v) is 63.3. The molecule has 0 aliphatic carbocycles. The molecule has 0 bridgehead atoms. The number of rotatable bonds is 66. The van der Waals surface area contributed by atoms with Crippen LogP contribution in [0.3, 0.4) is 0 Å². The van der Waals surface area contributed by atoms with Crippen LogP contribution < -0.4 is 21.3 Å². The van der Waals surface area contributed by atoms with E-state index in [9.17, 15) is 33.1 Å². The standard InChI is InChI=1S/C71H136N4O19P2/c1-13-19-23-27-29-31-33-37-41-45-65(76)91-63(43-39-35-25-21-15-3)47-53-83-57-61(74-68(79)93-70(7,8)9)59-89-95(81,85-51-17-5)87-55-49-72-67(78)73-50-56-88-96(82,86-52-18-6)90-60-62(75-69(80)94-71(10,11)12)58-84-54-48-64(44-40-36-26-22-16-4)92-66(77)46-42-38-34-32-30-28-24-20-14-2/h17-18,61-64H,5-6,13-16,19-60H2,1-4,7-12H3,(H,74,79)(H,75,80)(H2,72,73,78)/t61-,62-,63+,64+,95?,96?/m0/s1. The number of amides is 4. The van der Waals surface area contributed by atoms with Crippen molar-refractivity contribution in [2.24, 2.45) is 0 Å². The van der Waals surface area contributed by atoms with E-state index in [4.69, 9.17) is 55.6 Å². The minimum Gasteiger partial charge on any atom is -0.462 e. The number of carbonyl (C=O) groups is 5. The Morgan fingerprint density at radius 1 is 0.396 bits per heavy atom. The van der Waals surface area contributed by atoms with Gasteiger partial charge in [-0.1, -0.05) is 194 Å². The number of phosphoric ester groups is 2. The quantitative estimate of drug-likeness (QED) is 0.0145. The van der Waals surface area contributed by atoms with Crippen molar-refractivity contribution >= 4 is 45.8 Å². The molecule has 6 atom stereocenters. The third-order valence-electron chi connectivity index (χ3n) is 14.9. The number of unbranched alkanes of at least 4 members (excludes halogenated alkanes) is 24. The van der Waals surface area contributed by atoms with E-state index in [-0.39, 0.29) is 90.1 Å². The fourth-order valence-electron chi connectivity index (χ4n) is 9.80. The summed E-state index contributed by atoms with van der Waals surface area (Å²) in [4.78, 5) is 64.9. The third-order valence-corrected chi connectivity index (χ3v) is 17.8. The Balaban J connectivity index is 5.65. The van der Waals surface area contributed by atoms with Crippen LogP contribution in [0.25, 0.3) is 0 Å². The van der Waals surface area contributed by atoms with Gasteiger partial charge in [-0.25, -0.2) is 23.5 Å². The first-order valence-electron chi connectivity index (χ1n) is 36.8. The molecule has 0 aromatic carbocycles. The van der Waals surface area contributed by atoms with Crippen molar-refractivity contribution in [1.29, 1.82) is 0 Å². The summed E-state index contributed by atoms with van der Waals surface area (Å²) in [5, 5.41) is 10.6. The number of urea groups is 1. The lowest BCUT2D eigenvalue weighted by atomic mass is 10.1. The minimum absolute atomic E-state index is 0.0914. The van der Waals surface area contributed by atoms with Crippen LogP contribution in [0, 0.1) is 0 Å². The summed E-state index contributed by atoms with van der Waals surface area (Å²) in [5.41, 5.74) is -1.66. The molecular weight excluding hydrogens is 1270 g/mol. The van der Waals surface area contributed by atoms with Gasteiger partial charge >= 0.3 is 45.8 Å². The van der Waals surface area contributed by atoms with Gasteiger partial charge in [0.25, 0.3) is 0 Å². The number of hydrogen-bond acceptors (Lipinski definition) is 19. The Morgan fingerprint density at radius 2 is 0.708 bits per heavy atom. The van der Waals surface area contributed by atoms with Gasteiger partial charge in [0.05, 0.1) is 78.2 Å². The zero-order chi connectivity index (χ0) is 71.5. The maximum Gasteiger partial charge on any atom is 0.475 e. The van der Waals surface area contributed by atoms with Crippen molar-refractivity contribution in [3.8, 4) is 0 Å². The third kappa shape index (κ3) is 59.3. The molecule has 0 saturated heterocycles. The van der Waals surface area contributed by atoms with E-state index < -0.39 is 70.4 Å². The molecule has 0 aromatic rings. The molecule has 4 amide bonds. The molecule has 0 aromatic heterocycles. The maximum atomic E-state index is 13.9. The lowest BCUT2D eigenvalue weighted by molar-refractivity contribution is -0.151. The maximum absolute atomic E-state index is 13.9. The number of ether oxygens (including phenoxy) is 6. The number of carbonyl (C=O) groups excluding carboxylic acids is 5. The topological polar surface area (TPSA) is 278 Å². The largest absolute Gasteiger partial charge is 0.475 e. The smallest absolute Gasteiger partial charge is 0.462 e. The van der Waals surface area contributed by atoms with Crippen LogP contribution in [0.15, 0.2) is 25.3 Å². The first kappa shape index (κ1) is 92.4. The van der Waals surface area contributed by atoms with Crippen LogP contribution in [0.1, 0.15) is 288 Å². The molecule has 2 unspecified atom stereocenters. The highest BCUT2D eigenvalue weighted by molar-refractivity contribution is 7.48. The number of phosphoric acid groups is 2. The highest BCUT2D eigenvalue weighted by Gasteiger charge is 2.32. The van der Waals surface area contributed by atoms with Gasteiger partial charge in [0.15, 0.2) is 0 Å². The molecule has 23 nitrogen and oxygen atoms in total. The van der Waals surface area contributed by atoms with Gasteiger partial charge in [-0.3, -0.25) is 36.7 Å². The molecule has 0 heterocycles. The summed E-state index contributed by atoms with van der Waals surface area (Å²) in [6.07, 6.45) is 34.9. The van der Waals surface area contributed by atoms with Crippen LogP contribution in [0.5, 0.6) is 0 Å². The highest BCUT2D eigenvalue weighted by atomic mass is 31.2. The molecule has 25 heteroatoms. The number of nitrogens with one attached hydrogen (secondary N) is 4. The molecular formula is C71H136N4O19P2. The Morgan fingerprint density at radius 3 is 1.02 bits per heavy atom. The average Bonchev–Trinajstić information content (AvgIpc) is 1.07. The molecule has 96 heavy (non-hydrogen) atoms. The van der Waals surface area contributed by atoms with Gasteiger partial charge in [0, 0.05) is 38.8 Å². The number of esters is 2. The minimum atomic E-state index is -4.36. The van der Waals surface area contributed by atoms with E-state index in [2.05, 4.69) is 62.1 Å². The number of hydrogen-bond donors (Lipinski definition) is 4. The molecule has 0 saturated carbocycles. The molecule has 0 fully saturated rings. The second-order valence-electron chi connectivity index (χ2n) is 26.7. The van der Waals surface area contributed by atoms with Crippen molar-refractivity contribution in [2.75, 3.05) is 79.2 Å². The van der Waals surface area contributed by atoms with E-state index in [1.54, 1.807) is 41.5 Å². The van der Waals surface area contributed by atoms with Crippen molar-refractivity contribution in [2.45, 2.75) is 323 Å². The van der Waals surface area contributed by atoms with Gasteiger partial charge in [0.2, 0.25) is 0 Å². The molecule has 0 aliphatic heterocycles. The lowest BCUT2D eigenvalue weighted by Crippen LogP contribution is -2.44. The van der Waals surface area contributed by atoms with Gasteiger partial charge in [-0.15, -0.1) is 13.2 Å². The van der Waals surface area contributed by atoms with E-state index >= 15 is 0 Å². The molecule has 0 spiro atoms. The fraction of sp³-hybridized carbons (Fsp3) is 0.873. The van der Waals surface area contributed by atoms with Crippen LogP contribution >= 0.6 is 15.6 Å². The number of alkyl carbamates (subject to hydrolysis) is 2. The molecule has 0 rings (SSSR count). The molecule has 0 aliphatic rings. The predicted molar refractivity (Wildman–Crippen MR) is 380 cm³/mol. The monoisotopic (exact) mass is 1410 g/mol. The summed E-state index contributed by atoms with van der Waals surface area (Å²) >= 11 is 0. The molecule has 0 radical (unpaired) electrons. The Kier molecular flexibility index (Phi) is 57.9. The van der Waals surface area contributed by atoms with Crippen molar-refractivity contribution in [3.05, 3.63) is 25.3 Å². The van der Waals surface area contributed by atoms with Crippen molar-refractivity contribution in [1.82, 2.24) is 21.3 Å². The Bertz CT molecular complexity index is 1940. The van der Waals surface area contributed by atoms with Crippen molar-refractivity contribution in [3.63, 3.8) is 0 Å². The van der Waals surface area contributed by atoms with Crippen LogP contribution in [0.4, 0.5) is 14.4 Å². The van der Waals surface area contributed by atoms with Gasteiger partial charge < -0.3 is 49.7 Å². The zero-order valence-electron chi connectivity index (χ0n) is 61.6. The second-order valence-corrected chi connectivity index (χ2v) is 30.0. The summed E-state index contributed by atoms with van der Waals surface area (Å²) in [6, 6.07) is -2.48. The van der Waals surface area contributed by atoms with Crippen LogP contribution in [-0.2, 0) is 74.3 Å². The van der Waals surface area contributed by atoms with E-state index in [0.717, 1.165) is 103 Å². The highest BCUT2D eigenvalue weighted by Crippen LogP contribution is 2.50. The summed E-state index contributed by atoms with van der Waals surface area (Å²) in [5.74, 6) is -0.422. The van der Waals surface area contributed by atoms with Gasteiger partial charge in [-0.2, -0.15) is 0 Å². The first-order chi connectivity index (χ1) is 45.9. The van der Waals surface area contributed by atoms with E-state index in [1.807, 2.05) is 0 Å². The fourth-order valence-corrected chi connectivity index (χ4v) is 12.2. The SMILES string of the molecule is C=CCOP(=O)(OCCNC(=O)NCCOP(=O)(OCC=C)OC[C@H](COCC[C@@H](CCCCCCC)OC(=O)CCCCCCCCCCC)NC(=O)OC(C)(C)C)OC[C@H](COCC[C@@H](CCCCCCC)OC(=O)CCCCCCCCCCC)NC(=O)OC(C)(C)C. The van der Waals surface area contributed by atoms with Crippen molar-refractivity contribution < 1.29 is 88.7 Å². The van der Waals surface area contributed by atoms with Gasteiger partial charge in [-0.05, 0) is 80.1 Å². The Hall–Kier alpha value is -3.63. The van der Waals surface area contributed by atoms with E-state index in [0.29, 0.717) is 38.5 Å². The average molecular weight is 1410 g/mol. The Labute approximate surface area is 580 Å².